The zero-order chi connectivity index (χ0) is 17.1. The summed E-state index contributed by atoms with van der Waals surface area (Å²) in [5.41, 5.74) is 3.20. The van der Waals surface area contributed by atoms with Crippen molar-refractivity contribution in [2.75, 3.05) is 13.2 Å². The van der Waals surface area contributed by atoms with Gasteiger partial charge in [-0.1, -0.05) is 0 Å². The number of carbonyl (C=O) groups is 1. The van der Waals surface area contributed by atoms with E-state index in [2.05, 4.69) is 11.2 Å². The standard InChI is InChI=1S/C18H26N4O2/c1-13-15(14(2)22(20-13)10-4-9-19)7-8-18(23)21-11-12-24-17-6-3-5-16(17)21/h16-17H,3-8,10-12H2,1-2H3/t16-,17+/m0/s1. The zero-order valence-corrected chi connectivity index (χ0v) is 14.6. The van der Waals surface area contributed by atoms with Crippen LogP contribution < -0.4 is 0 Å². The van der Waals surface area contributed by atoms with Crippen LogP contribution in [0.2, 0.25) is 0 Å². The molecule has 0 N–H and O–H groups in total. The summed E-state index contributed by atoms with van der Waals surface area (Å²) in [7, 11) is 0. The Morgan fingerprint density at radius 1 is 1.42 bits per heavy atom. The number of hydrogen-bond acceptors (Lipinski definition) is 4. The number of aromatic nitrogens is 2. The van der Waals surface area contributed by atoms with Gasteiger partial charge in [-0.25, -0.2) is 0 Å². The molecule has 0 bridgehead atoms. The van der Waals surface area contributed by atoms with Gasteiger partial charge in [0.2, 0.25) is 5.91 Å². The van der Waals surface area contributed by atoms with Crippen LogP contribution in [0.15, 0.2) is 0 Å². The summed E-state index contributed by atoms with van der Waals surface area (Å²) >= 11 is 0. The van der Waals surface area contributed by atoms with Crippen LogP contribution in [0, 0.1) is 25.2 Å². The van der Waals surface area contributed by atoms with Crippen molar-refractivity contribution in [1.29, 1.82) is 5.26 Å². The van der Waals surface area contributed by atoms with E-state index in [-0.39, 0.29) is 18.1 Å². The van der Waals surface area contributed by atoms with Crippen molar-refractivity contribution in [1.82, 2.24) is 14.7 Å². The zero-order valence-electron chi connectivity index (χ0n) is 14.6. The summed E-state index contributed by atoms with van der Waals surface area (Å²) in [6.07, 6.45) is 5.26. The minimum absolute atomic E-state index is 0.235. The fraction of sp³-hybridized carbons (Fsp3) is 0.722. The number of ether oxygens (including phenoxy) is 1. The van der Waals surface area contributed by atoms with Gasteiger partial charge < -0.3 is 9.64 Å². The highest BCUT2D eigenvalue weighted by Crippen LogP contribution is 2.30. The molecule has 2 fully saturated rings. The Labute approximate surface area is 143 Å². The number of amides is 1. The Morgan fingerprint density at radius 3 is 3.04 bits per heavy atom. The SMILES string of the molecule is Cc1nn(CCC#N)c(C)c1CCC(=O)N1CCO[C@@H]2CCC[C@@H]21. The third-order valence-electron chi connectivity index (χ3n) is 5.36. The first-order chi connectivity index (χ1) is 11.6. The molecule has 24 heavy (non-hydrogen) atoms. The molecule has 2 aliphatic rings. The quantitative estimate of drug-likeness (QED) is 0.829. The highest BCUT2D eigenvalue weighted by Gasteiger charge is 2.38. The van der Waals surface area contributed by atoms with E-state index in [4.69, 9.17) is 10.00 Å². The highest BCUT2D eigenvalue weighted by molar-refractivity contribution is 5.77. The largest absolute Gasteiger partial charge is 0.374 e. The van der Waals surface area contributed by atoms with Crippen molar-refractivity contribution in [2.24, 2.45) is 0 Å². The van der Waals surface area contributed by atoms with E-state index in [9.17, 15) is 4.79 Å². The summed E-state index contributed by atoms with van der Waals surface area (Å²) in [6, 6.07) is 2.44. The lowest BCUT2D eigenvalue weighted by atomic mass is 10.1. The Balaban J connectivity index is 1.62. The molecule has 1 aromatic rings. The van der Waals surface area contributed by atoms with Gasteiger partial charge in [-0.05, 0) is 45.1 Å². The summed E-state index contributed by atoms with van der Waals surface area (Å²) in [4.78, 5) is 14.8. The molecule has 2 heterocycles. The number of nitriles is 1. The summed E-state index contributed by atoms with van der Waals surface area (Å²) in [6.45, 7) is 6.01. The number of carbonyl (C=O) groups excluding carboxylic acids is 1. The Bertz CT molecular complexity index is 646. The maximum atomic E-state index is 12.7. The van der Waals surface area contributed by atoms with Crippen LogP contribution in [0.1, 0.15) is 49.1 Å². The van der Waals surface area contributed by atoms with E-state index in [1.54, 1.807) is 0 Å². The molecule has 1 amide bonds. The molecular formula is C18H26N4O2. The molecule has 130 valence electrons. The molecule has 1 aliphatic heterocycles. The molecule has 1 saturated carbocycles. The molecule has 0 unspecified atom stereocenters. The van der Waals surface area contributed by atoms with Crippen molar-refractivity contribution >= 4 is 5.91 Å². The minimum Gasteiger partial charge on any atom is -0.374 e. The molecule has 0 aromatic carbocycles. The first kappa shape index (κ1) is 17.0. The Morgan fingerprint density at radius 2 is 2.25 bits per heavy atom. The number of fused-ring (bicyclic) bond motifs is 1. The minimum atomic E-state index is 0.235. The van der Waals surface area contributed by atoms with Gasteiger partial charge >= 0.3 is 0 Å². The van der Waals surface area contributed by atoms with E-state index in [1.807, 2.05) is 23.4 Å². The maximum Gasteiger partial charge on any atom is 0.223 e. The topological polar surface area (TPSA) is 71.2 Å². The van der Waals surface area contributed by atoms with Crippen molar-refractivity contribution in [3.05, 3.63) is 17.0 Å². The lowest BCUT2D eigenvalue weighted by Gasteiger charge is -2.37. The Kier molecular flexibility index (Phi) is 5.20. The highest BCUT2D eigenvalue weighted by atomic mass is 16.5. The summed E-state index contributed by atoms with van der Waals surface area (Å²) in [5.74, 6) is 0.235. The number of rotatable bonds is 5. The van der Waals surface area contributed by atoms with Crippen LogP contribution in [-0.2, 0) is 22.5 Å². The van der Waals surface area contributed by atoms with E-state index < -0.39 is 0 Å². The predicted octanol–water partition coefficient (Wildman–Crippen LogP) is 2.13. The van der Waals surface area contributed by atoms with Crippen LogP contribution in [0.4, 0.5) is 0 Å². The fourth-order valence-electron chi connectivity index (χ4n) is 4.08. The number of hydrogen-bond donors (Lipinski definition) is 0. The summed E-state index contributed by atoms with van der Waals surface area (Å²) in [5, 5.41) is 13.3. The molecule has 6 heteroatoms. The molecule has 6 nitrogen and oxygen atoms in total. The molecule has 1 aliphatic carbocycles. The van der Waals surface area contributed by atoms with Gasteiger partial charge in [-0.3, -0.25) is 9.48 Å². The smallest absolute Gasteiger partial charge is 0.223 e. The molecule has 3 rings (SSSR count). The van der Waals surface area contributed by atoms with E-state index in [0.717, 1.165) is 49.2 Å². The lowest BCUT2D eigenvalue weighted by molar-refractivity contribution is -0.143. The van der Waals surface area contributed by atoms with Gasteiger partial charge in [-0.15, -0.1) is 0 Å². The second kappa shape index (κ2) is 7.35. The second-order valence-corrected chi connectivity index (χ2v) is 6.78. The van der Waals surface area contributed by atoms with Gasteiger partial charge in [0.1, 0.15) is 0 Å². The van der Waals surface area contributed by atoms with Crippen LogP contribution in [0.25, 0.3) is 0 Å². The van der Waals surface area contributed by atoms with Crippen molar-refractivity contribution < 1.29 is 9.53 Å². The third kappa shape index (κ3) is 3.32. The molecule has 1 saturated heterocycles. The maximum absolute atomic E-state index is 12.7. The third-order valence-corrected chi connectivity index (χ3v) is 5.36. The first-order valence-electron chi connectivity index (χ1n) is 8.92. The van der Waals surface area contributed by atoms with Gasteiger partial charge in [0.05, 0.1) is 43.5 Å². The molecule has 1 aromatic heterocycles. The average Bonchev–Trinajstić information content (AvgIpc) is 3.15. The fourth-order valence-corrected chi connectivity index (χ4v) is 4.08. The average molecular weight is 330 g/mol. The van der Waals surface area contributed by atoms with E-state index in [0.29, 0.717) is 26.0 Å². The Hall–Kier alpha value is -1.87. The first-order valence-corrected chi connectivity index (χ1v) is 8.92. The molecular weight excluding hydrogens is 304 g/mol. The molecule has 0 spiro atoms. The monoisotopic (exact) mass is 330 g/mol. The van der Waals surface area contributed by atoms with Crippen LogP contribution >= 0.6 is 0 Å². The number of aryl methyl sites for hydroxylation is 2. The normalized spacial score (nSPS) is 23.1. The van der Waals surface area contributed by atoms with Crippen LogP contribution in [0.3, 0.4) is 0 Å². The lowest BCUT2D eigenvalue weighted by Crippen LogP contribution is -2.51. The van der Waals surface area contributed by atoms with Gasteiger partial charge in [0, 0.05) is 18.7 Å². The second-order valence-electron chi connectivity index (χ2n) is 6.78. The van der Waals surface area contributed by atoms with Crippen LogP contribution in [0.5, 0.6) is 0 Å². The number of nitrogens with zero attached hydrogens (tertiary/aromatic N) is 4. The van der Waals surface area contributed by atoms with Gasteiger partial charge in [0.15, 0.2) is 0 Å². The van der Waals surface area contributed by atoms with Gasteiger partial charge in [0.25, 0.3) is 0 Å². The van der Waals surface area contributed by atoms with Crippen molar-refractivity contribution in [3.8, 4) is 6.07 Å². The van der Waals surface area contributed by atoms with Crippen molar-refractivity contribution in [2.45, 2.75) is 71.1 Å². The predicted molar refractivity (Wildman–Crippen MR) is 89.3 cm³/mol. The molecule has 2 atom stereocenters. The summed E-state index contributed by atoms with van der Waals surface area (Å²) < 4.78 is 7.68. The van der Waals surface area contributed by atoms with E-state index in [1.165, 1.54) is 0 Å². The van der Waals surface area contributed by atoms with Crippen molar-refractivity contribution in [3.63, 3.8) is 0 Å². The molecule has 0 radical (unpaired) electrons. The van der Waals surface area contributed by atoms with Crippen LogP contribution in [-0.4, -0.2) is 45.9 Å². The van der Waals surface area contributed by atoms with E-state index >= 15 is 0 Å². The number of morpholine rings is 1. The van der Waals surface area contributed by atoms with Gasteiger partial charge in [-0.2, -0.15) is 10.4 Å².